The van der Waals surface area contributed by atoms with E-state index in [1.165, 1.54) is 12.1 Å². The van der Waals surface area contributed by atoms with Gasteiger partial charge in [-0.15, -0.1) is 6.58 Å². The molecule has 2 aliphatic carbocycles. The van der Waals surface area contributed by atoms with Crippen LogP contribution in [0.2, 0.25) is 0 Å². The van der Waals surface area contributed by atoms with E-state index in [2.05, 4.69) is 30.9 Å². The third-order valence-corrected chi connectivity index (χ3v) is 15.6. The molecule has 1 saturated carbocycles. The Kier molecular flexibility index (Phi) is 17.7. The maximum absolute atomic E-state index is 15.4. The van der Waals surface area contributed by atoms with Gasteiger partial charge in [0.15, 0.2) is 0 Å². The zero-order valence-electron chi connectivity index (χ0n) is 44.3. The van der Waals surface area contributed by atoms with Crippen LogP contribution in [0, 0.1) is 27.9 Å². The predicted octanol–water partition coefficient (Wildman–Crippen LogP) is 13.4. The van der Waals surface area contributed by atoms with Gasteiger partial charge in [0.25, 0.3) is 5.69 Å². The Labute approximate surface area is 460 Å². The molecular formula is C65H67N3O11. The third kappa shape index (κ3) is 12.4. The monoisotopic (exact) mass is 1070 g/mol. The summed E-state index contributed by atoms with van der Waals surface area (Å²) < 4.78 is 33.9. The Balaban J connectivity index is 1.13. The minimum absolute atomic E-state index is 0.00883. The summed E-state index contributed by atoms with van der Waals surface area (Å²) in [6.45, 7) is 4.84. The van der Waals surface area contributed by atoms with Crippen LogP contribution in [0.3, 0.4) is 0 Å². The summed E-state index contributed by atoms with van der Waals surface area (Å²) in [6, 6.07) is 49.3. The Bertz CT molecular complexity index is 3290. The summed E-state index contributed by atoms with van der Waals surface area (Å²) in [5.74, 6) is -0.764. The molecule has 14 nitrogen and oxygen atoms in total. The summed E-state index contributed by atoms with van der Waals surface area (Å²) in [4.78, 5) is 34.6. The van der Waals surface area contributed by atoms with Crippen molar-refractivity contribution in [1.82, 2.24) is 4.90 Å². The van der Waals surface area contributed by atoms with Crippen molar-refractivity contribution in [3.63, 3.8) is 0 Å². The smallest absolute Gasteiger partial charge is 0.410 e. The van der Waals surface area contributed by atoms with Crippen molar-refractivity contribution >= 4 is 39.0 Å². The van der Waals surface area contributed by atoms with E-state index in [-0.39, 0.29) is 76.0 Å². The van der Waals surface area contributed by atoms with Crippen molar-refractivity contribution < 1.29 is 48.5 Å². The maximum Gasteiger partial charge on any atom is 0.410 e. The number of ether oxygens (including phenoxy) is 5. The molecule has 7 aromatic carbocycles. The maximum atomic E-state index is 15.4. The van der Waals surface area contributed by atoms with Crippen LogP contribution in [0.1, 0.15) is 73.1 Å². The second-order valence-corrected chi connectivity index (χ2v) is 20.5. The van der Waals surface area contributed by atoms with Gasteiger partial charge in [0.2, 0.25) is 5.79 Å². The number of allylic oxidation sites excluding steroid dienone is 1. The zero-order chi connectivity index (χ0) is 54.6. The van der Waals surface area contributed by atoms with Gasteiger partial charge < -0.3 is 38.7 Å². The quantitative estimate of drug-likeness (QED) is 0.0241. The van der Waals surface area contributed by atoms with Gasteiger partial charge in [-0.2, -0.15) is 0 Å². The lowest BCUT2D eigenvalue weighted by atomic mass is 9.55. The van der Waals surface area contributed by atoms with E-state index < -0.39 is 28.8 Å². The highest BCUT2D eigenvalue weighted by Crippen LogP contribution is 2.62. The van der Waals surface area contributed by atoms with Crippen molar-refractivity contribution in [2.24, 2.45) is 22.9 Å². The number of fused-ring (bicyclic) bond motifs is 4. The average Bonchev–Trinajstić information content (AvgIpc) is 3.67. The highest BCUT2D eigenvalue weighted by Gasteiger charge is 2.66. The van der Waals surface area contributed by atoms with Gasteiger partial charge in [-0.1, -0.05) is 133 Å². The lowest BCUT2D eigenvalue weighted by Gasteiger charge is -2.59. The standard InChI is InChI=1S/C65H67N3O11/c1-2-35-76-65-61(67(42-51-22-14-21-48-18-8-9-23-55(48)51)64(71)75-37-36-74-43-45-15-4-3-5-16-45)41-59(66-77-44-46-25-28-52(29-26-46)68(72)73)57-39-50(20-10-12-33-69)56(24-11-13-34-70)62(63(57)65)58-40-54(31-32-60(58)79-65)78-53-30-27-47-17-6-7-19-49(47)38-53/h2-9,14-19,21-23,25-32,38-40,50,56,61-63,69-70H,1,10-13,20,24,33-37,41-44H2/t50-,56+,61-,62+,63+,65+/m0/s1. The van der Waals surface area contributed by atoms with Crippen molar-refractivity contribution in [3.05, 3.63) is 214 Å². The Morgan fingerprint density at radius 1 is 0.772 bits per heavy atom. The summed E-state index contributed by atoms with van der Waals surface area (Å²) in [6.07, 6.45) is 7.70. The molecule has 1 aliphatic heterocycles. The van der Waals surface area contributed by atoms with E-state index >= 15 is 4.79 Å². The Morgan fingerprint density at radius 2 is 1.48 bits per heavy atom. The van der Waals surface area contributed by atoms with Gasteiger partial charge in [0, 0.05) is 43.2 Å². The molecule has 0 aromatic heterocycles. The molecule has 1 fully saturated rings. The molecule has 0 unspecified atom stereocenters. The molecule has 6 atom stereocenters. The lowest BCUT2D eigenvalue weighted by Crippen LogP contribution is -2.70. The predicted molar refractivity (Wildman–Crippen MR) is 304 cm³/mol. The summed E-state index contributed by atoms with van der Waals surface area (Å²) >= 11 is 0. The molecular weight excluding hydrogens is 999 g/mol. The second-order valence-electron chi connectivity index (χ2n) is 20.5. The molecule has 408 valence electrons. The molecule has 3 aliphatic rings. The number of nitro groups is 1. The number of carbonyl (C=O) groups excluding carboxylic acids is 1. The topological polar surface area (TPSA) is 172 Å². The van der Waals surface area contributed by atoms with Crippen LogP contribution in [-0.2, 0) is 38.8 Å². The van der Waals surface area contributed by atoms with Crippen molar-refractivity contribution in [3.8, 4) is 17.2 Å². The number of nitrogens with zero attached hydrogens (tertiary/aromatic N) is 3. The van der Waals surface area contributed by atoms with Gasteiger partial charge in [-0.05, 0) is 124 Å². The first kappa shape index (κ1) is 54.5. The van der Waals surface area contributed by atoms with Gasteiger partial charge in [-0.25, -0.2) is 4.79 Å². The highest BCUT2D eigenvalue weighted by molar-refractivity contribution is 6.03. The number of non-ortho nitro benzene ring substituents is 1. The van der Waals surface area contributed by atoms with Crippen LogP contribution in [0.5, 0.6) is 17.2 Å². The number of aliphatic hydroxyl groups is 2. The van der Waals surface area contributed by atoms with Gasteiger partial charge in [0.05, 0.1) is 42.9 Å². The minimum Gasteiger partial charge on any atom is -0.459 e. The molecule has 0 radical (unpaired) electrons. The largest absolute Gasteiger partial charge is 0.459 e. The highest BCUT2D eigenvalue weighted by atomic mass is 16.7. The Morgan fingerprint density at radius 3 is 2.27 bits per heavy atom. The first-order valence-corrected chi connectivity index (χ1v) is 27.4. The van der Waals surface area contributed by atoms with E-state index in [9.17, 15) is 20.3 Å². The van der Waals surface area contributed by atoms with E-state index in [4.69, 9.17) is 33.7 Å². The summed E-state index contributed by atoms with van der Waals surface area (Å²) in [5, 5.41) is 41.0. The van der Waals surface area contributed by atoms with Gasteiger partial charge >= 0.3 is 6.09 Å². The van der Waals surface area contributed by atoms with Crippen molar-refractivity contribution in [1.29, 1.82) is 0 Å². The molecule has 0 spiro atoms. The SMILES string of the molecule is C=CCO[C@@]12Oc3ccc(Oc4ccc5ccccc5c4)cc3[C@H]3[C@H](CCCCO)[C@@H](CCCCO)C=C(C(=NOCc4ccc([N+](=O)[O-])cc4)C[C@@H]1N(Cc1cccc4ccccc14)C(=O)OCCOCc1ccccc1)[C@H]32. The van der Waals surface area contributed by atoms with E-state index in [0.29, 0.717) is 48.0 Å². The molecule has 0 saturated heterocycles. The van der Waals surface area contributed by atoms with Crippen LogP contribution in [-0.4, -0.2) is 76.7 Å². The third-order valence-electron chi connectivity index (χ3n) is 15.6. The van der Waals surface area contributed by atoms with Gasteiger partial charge in [0.1, 0.15) is 36.5 Å². The number of unbranched alkanes of at least 4 members (excludes halogenated alkanes) is 2. The fraction of sp³-hybridized carbons (Fsp3) is 0.323. The molecule has 1 heterocycles. The number of benzene rings is 7. The minimum atomic E-state index is -1.59. The van der Waals surface area contributed by atoms with Crippen LogP contribution in [0.25, 0.3) is 21.5 Å². The molecule has 1 amide bonds. The number of carbonyl (C=O) groups is 1. The summed E-state index contributed by atoms with van der Waals surface area (Å²) in [7, 11) is 0. The molecule has 7 aromatic rings. The fourth-order valence-corrected chi connectivity index (χ4v) is 11.9. The number of hydrogen-bond acceptors (Lipinski definition) is 12. The molecule has 79 heavy (non-hydrogen) atoms. The average molecular weight is 1070 g/mol. The number of rotatable bonds is 25. The van der Waals surface area contributed by atoms with E-state index in [1.807, 2.05) is 115 Å². The lowest BCUT2D eigenvalue weighted by molar-refractivity contribution is -0.384. The first-order valence-electron chi connectivity index (χ1n) is 27.4. The van der Waals surface area contributed by atoms with Crippen LogP contribution >= 0.6 is 0 Å². The number of aliphatic hydroxyl groups excluding tert-OH is 2. The summed E-state index contributed by atoms with van der Waals surface area (Å²) in [5.41, 5.74) is 4.84. The normalized spacial score (nSPS) is 20.6. The number of oxime groups is 1. The molecule has 14 heteroatoms. The first-order chi connectivity index (χ1) is 38.8. The van der Waals surface area contributed by atoms with Crippen molar-refractivity contribution in [2.75, 3.05) is 33.0 Å². The molecule has 10 rings (SSSR count). The van der Waals surface area contributed by atoms with Crippen LogP contribution < -0.4 is 9.47 Å². The molecule has 2 N–H and O–H groups in total. The van der Waals surface area contributed by atoms with Crippen LogP contribution in [0.4, 0.5) is 10.5 Å². The van der Waals surface area contributed by atoms with E-state index in [1.54, 1.807) is 23.1 Å². The fourth-order valence-electron chi connectivity index (χ4n) is 11.9. The number of nitro benzene ring substituents is 1. The number of hydrogen-bond donors (Lipinski definition) is 2. The van der Waals surface area contributed by atoms with Crippen LogP contribution in [0.15, 0.2) is 187 Å². The zero-order valence-corrected chi connectivity index (χ0v) is 44.3. The number of amides is 1. The van der Waals surface area contributed by atoms with Crippen molar-refractivity contribution in [2.45, 2.75) is 82.5 Å². The molecule has 0 bridgehead atoms. The second kappa shape index (κ2) is 25.7. The van der Waals surface area contributed by atoms with Gasteiger partial charge in [-0.3, -0.25) is 15.0 Å². The Hall–Kier alpha value is -7.88. The van der Waals surface area contributed by atoms with E-state index in [0.717, 1.165) is 69.5 Å².